The topological polar surface area (TPSA) is 26.0 Å². The Labute approximate surface area is 106 Å². The maximum absolute atomic E-state index is 6.08. The van der Waals surface area contributed by atoms with Crippen molar-refractivity contribution in [2.45, 2.75) is 59.9 Å². The number of nitrogens with two attached hydrogens (primary N) is 1. The molecule has 1 aromatic rings. The van der Waals surface area contributed by atoms with Crippen LogP contribution in [0.25, 0.3) is 0 Å². The molecule has 0 heterocycles. The minimum absolute atomic E-state index is 0.348. The van der Waals surface area contributed by atoms with Gasteiger partial charge < -0.3 is 5.73 Å². The first-order valence-corrected chi connectivity index (χ1v) is 6.74. The van der Waals surface area contributed by atoms with E-state index >= 15 is 0 Å². The molecule has 1 heteroatoms. The summed E-state index contributed by atoms with van der Waals surface area (Å²) in [6.07, 6.45) is 3.49. The Morgan fingerprint density at radius 2 is 1.59 bits per heavy atom. The summed E-state index contributed by atoms with van der Waals surface area (Å²) in [7, 11) is 0. The summed E-state index contributed by atoms with van der Waals surface area (Å²) >= 11 is 0. The summed E-state index contributed by atoms with van der Waals surface area (Å²) in [4.78, 5) is 0. The standard InChI is InChI=1S/C16H27N/c1-11(2)16(17)8-6-7-15-13(4)9-12(3)10-14(15)5/h9-11,16H,6-8,17H2,1-5H3. The maximum atomic E-state index is 6.08. The van der Waals surface area contributed by atoms with Gasteiger partial charge in [-0.05, 0) is 62.6 Å². The molecule has 1 nitrogen and oxygen atoms in total. The predicted octanol–water partition coefficient (Wildman–Crippen LogP) is 3.92. The van der Waals surface area contributed by atoms with E-state index in [-0.39, 0.29) is 0 Å². The molecule has 17 heavy (non-hydrogen) atoms. The molecule has 1 atom stereocenters. The zero-order chi connectivity index (χ0) is 13.0. The second-order valence-corrected chi connectivity index (χ2v) is 5.68. The van der Waals surface area contributed by atoms with Gasteiger partial charge in [0.15, 0.2) is 0 Å². The van der Waals surface area contributed by atoms with Crippen LogP contribution in [0.5, 0.6) is 0 Å². The van der Waals surface area contributed by atoms with Crippen LogP contribution >= 0.6 is 0 Å². The minimum atomic E-state index is 0.348. The molecule has 2 N–H and O–H groups in total. The summed E-state index contributed by atoms with van der Waals surface area (Å²) < 4.78 is 0. The van der Waals surface area contributed by atoms with Gasteiger partial charge in [0, 0.05) is 6.04 Å². The predicted molar refractivity (Wildman–Crippen MR) is 76.4 cm³/mol. The third-order valence-electron chi connectivity index (χ3n) is 3.66. The summed E-state index contributed by atoms with van der Waals surface area (Å²) in [5.41, 5.74) is 11.8. The highest BCUT2D eigenvalue weighted by Gasteiger charge is 2.08. The fraction of sp³-hybridized carbons (Fsp3) is 0.625. The number of rotatable bonds is 5. The highest BCUT2D eigenvalue weighted by atomic mass is 14.6. The zero-order valence-corrected chi connectivity index (χ0v) is 12.0. The van der Waals surface area contributed by atoms with E-state index in [9.17, 15) is 0 Å². The Bertz CT molecular complexity index is 343. The molecule has 96 valence electrons. The Kier molecular flexibility index (Phi) is 5.20. The van der Waals surface area contributed by atoms with E-state index < -0.39 is 0 Å². The van der Waals surface area contributed by atoms with Crippen molar-refractivity contribution >= 4 is 0 Å². The quantitative estimate of drug-likeness (QED) is 0.819. The van der Waals surface area contributed by atoms with Crippen molar-refractivity contribution in [2.75, 3.05) is 0 Å². The highest BCUT2D eigenvalue weighted by molar-refractivity contribution is 5.37. The van der Waals surface area contributed by atoms with Crippen LogP contribution in [0.15, 0.2) is 12.1 Å². The van der Waals surface area contributed by atoms with Crippen molar-refractivity contribution < 1.29 is 0 Å². The summed E-state index contributed by atoms with van der Waals surface area (Å²) in [5.74, 6) is 0.593. The molecular weight excluding hydrogens is 206 g/mol. The van der Waals surface area contributed by atoms with Crippen LogP contribution in [0.4, 0.5) is 0 Å². The van der Waals surface area contributed by atoms with Crippen LogP contribution in [0.1, 0.15) is 48.9 Å². The van der Waals surface area contributed by atoms with Crippen molar-refractivity contribution in [3.8, 4) is 0 Å². The molecule has 0 aliphatic heterocycles. The maximum Gasteiger partial charge on any atom is 0.00620 e. The van der Waals surface area contributed by atoms with E-state index in [2.05, 4.69) is 46.8 Å². The highest BCUT2D eigenvalue weighted by Crippen LogP contribution is 2.19. The van der Waals surface area contributed by atoms with E-state index in [0.29, 0.717) is 12.0 Å². The molecule has 0 spiro atoms. The second kappa shape index (κ2) is 6.20. The molecule has 0 saturated carbocycles. The lowest BCUT2D eigenvalue weighted by atomic mass is 9.93. The summed E-state index contributed by atoms with van der Waals surface area (Å²) in [6, 6.07) is 4.91. The first kappa shape index (κ1) is 14.2. The smallest absolute Gasteiger partial charge is 0.00620 e. The van der Waals surface area contributed by atoms with Crippen molar-refractivity contribution in [3.05, 3.63) is 34.4 Å². The molecule has 1 unspecified atom stereocenters. The average Bonchev–Trinajstić information content (AvgIpc) is 2.21. The van der Waals surface area contributed by atoms with Gasteiger partial charge in [-0.3, -0.25) is 0 Å². The Hall–Kier alpha value is -0.820. The van der Waals surface area contributed by atoms with E-state index in [1.54, 1.807) is 0 Å². The largest absolute Gasteiger partial charge is 0.327 e. The molecule has 0 bridgehead atoms. The van der Waals surface area contributed by atoms with Crippen LogP contribution in [-0.2, 0) is 6.42 Å². The average molecular weight is 233 g/mol. The number of benzene rings is 1. The first-order valence-electron chi connectivity index (χ1n) is 6.74. The van der Waals surface area contributed by atoms with Gasteiger partial charge in [0.2, 0.25) is 0 Å². The second-order valence-electron chi connectivity index (χ2n) is 5.68. The van der Waals surface area contributed by atoms with E-state index in [1.807, 2.05) is 0 Å². The van der Waals surface area contributed by atoms with Gasteiger partial charge in [-0.1, -0.05) is 31.5 Å². The third-order valence-corrected chi connectivity index (χ3v) is 3.66. The molecule has 0 aliphatic carbocycles. The molecule has 1 rings (SSSR count). The first-order chi connectivity index (χ1) is 7.91. The molecule has 0 radical (unpaired) electrons. The Morgan fingerprint density at radius 3 is 2.06 bits per heavy atom. The van der Waals surface area contributed by atoms with Crippen LogP contribution in [-0.4, -0.2) is 6.04 Å². The Morgan fingerprint density at radius 1 is 1.06 bits per heavy atom. The van der Waals surface area contributed by atoms with Gasteiger partial charge in [0.1, 0.15) is 0 Å². The minimum Gasteiger partial charge on any atom is -0.327 e. The molecule has 0 amide bonds. The normalized spacial score (nSPS) is 13.1. The van der Waals surface area contributed by atoms with Gasteiger partial charge in [0.05, 0.1) is 0 Å². The number of aryl methyl sites for hydroxylation is 3. The van der Waals surface area contributed by atoms with Gasteiger partial charge in [-0.25, -0.2) is 0 Å². The van der Waals surface area contributed by atoms with Gasteiger partial charge in [-0.15, -0.1) is 0 Å². The van der Waals surface area contributed by atoms with Gasteiger partial charge >= 0.3 is 0 Å². The van der Waals surface area contributed by atoms with Crippen molar-refractivity contribution in [1.82, 2.24) is 0 Å². The van der Waals surface area contributed by atoms with Gasteiger partial charge in [0.25, 0.3) is 0 Å². The summed E-state index contributed by atoms with van der Waals surface area (Å²) in [6.45, 7) is 11.0. The van der Waals surface area contributed by atoms with E-state index in [0.717, 1.165) is 6.42 Å². The zero-order valence-electron chi connectivity index (χ0n) is 12.0. The number of hydrogen-bond acceptors (Lipinski definition) is 1. The molecular formula is C16H27N. The van der Waals surface area contributed by atoms with Gasteiger partial charge in [-0.2, -0.15) is 0 Å². The lowest BCUT2D eigenvalue weighted by molar-refractivity contribution is 0.452. The van der Waals surface area contributed by atoms with Crippen LogP contribution in [0.2, 0.25) is 0 Å². The Balaban J connectivity index is 2.58. The SMILES string of the molecule is Cc1cc(C)c(CCCC(N)C(C)C)c(C)c1. The van der Waals surface area contributed by atoms with E-state index in [4.69, 9.17) is 5.73 Å². The lowest BCUT2D eigenvalue weighted by Crippen LogP contribution is -2.26. The monoisotopic (exact) mass is 233 g/mol. The number of hydrogen-bond donors (Lipinski definition) is 1. The lowest BCUT2D eigenvalue weighted by Gasteiger charge is -2.16. The molecule has 0 saturated heterocycles. The van der Waals surface area contributed by atoms with Crippen molar-refractivity contribution in [1.29, 1.82) is 0 Å². The van der Waals surface area contributed by atoms with Crippen LogP contribution in [0, 0.1) is 26.7 Å². The summed E-state index contributed by atoms with van der Waals surface area (Å²) in [5, 5.41) is 0. The van der Waals surface area contributed by atoms with E-state index in [1.165, 1.54) is 35.1 Å². The van der Waals surface area contributed by atoms with Crippen molar-refractivity contribution in [2.24, 2.45) is 11.7 Å². The fourth-order valence-corrected chi connectivity index (χ4v) is 2.45. The molecule has 0 fully saturated rings. The molecule has 1 aromatic carbocycles. The fourth-order valence-electron chi connectivity index (χ4n) is 2.45. The molecule has 0 aliphatic rings. The molecule has 0 aromatic heterocycles. The van der Waals surface area contributed by atoms with Crippen LogP contribution < -0.4 is 5.73 Å². The van der Waals surface area contributed by atoms with Crippen LogP contribution in [0.3, 0.4) is 0 Å². The van der Waals surface area contributed by atoms with Crippen molar-refractivity contribution in [3.63, 3.8) is 0 Å². The third kappa shape index (κ3) is 4.16.